The van der Waals surface area contributed by atoms with Gasteiger partial charge in [-0.1, -0.05) is 6.42 Å². The standard InChI is InChI=1S/C21H30N4O3/c1-15(26)22-10-9-17-6-4-5-11-25(17)14-16-13-23-24-21(16)19-8-7-18(27-2)12-20(19)28-3/h7-8,12-13,17H,4-6,9-11,14H2,1-3H3,(H,22,26)(H,23,24)/t17-/m1/s1. The van der Waals surface area contributed by atoms with E-state index in [0.717, 1.165) is 54.4 Å². The average Bonchev–Trinajstić information content (AvgIpc) is 3.16. The monoisotopic (exact) mass is 386 g/mol. The fourth-order valence-corrected chi connectivity index (χ4v) is 3.90. The summed E-state index contributed by atoms with van der Waals surface area (Å²) in [4.78, 5) is 13.7. The summed E-state index contributed by atoms with van der Waals surface area (Å²) in [7, 11) is 3.31. The highest BCUT2D eigenvalue weighted by Crippen LogP contribution is 2.35. The molecule has 2 aromatic rings. The molecule has 3 rings (SSSR count). The Morgan fingerprint density at radius 3 is 2.93 bits per heavy atom. The number of aromatic amines is 1. The van der Waals surface area contributed by atoms with Crippen LogP contribution in [0.4, 0.5) is 0 Å². The van der Waals surface area contributed by atoms with E-state index in [1.54, 1.807) is 21.1 Å². The fraction of sp³-hybridized carbons (Fsp3) is 0.524. The lowest BCUT2D eigenvalue weighted by Crippen LogP contribution is -2.41. The zero-order valence-electron chi connectivity index (χ0n) is 17.0. The van der Waals surface area contributed by atoms with Crippen LogP contribution in [0.3, 0.4) is 0 Å². The first-order valence-electron chi connectivity index (χ1n) is 9.85. The summed E-state index contributed by atoms with van der Waals surface area (Å²) in [6.07, 6.45) is 6.48. The van der Waals surface area contributed by atoms with Crippen molar-refractivity contribution in [3.63, 3.8) is 0 Å². The van der Waals surface area contributed by atoms with Crippen LogP contribution in [-0.4, -0.2) is 54.4 Å². The number of hydrogen-bond acceptors (Lipinski definition) is 5. The van der Waals surface area contributed by atoms with Gasteiger partial charge in [-0.2, -0.15) is 5.10 Å². The van der Waals surface area contributed by atoms with Crippen molar-refractivity contribution in [2.75, 3.05) is 27.3 Å². The molecule has 7 nitrogen and oxygen atoms in total. The van der Waals surface area contributed by atoms with E-state index in [2.05, 4.69) is 20.4 Å². The zero-order chi connectivity index (χ0) is 19.9. The van der Waals surface area contributed by atoms with Crippen molar-refractivity contribution in [1.82, 2.24) is 20.4 Å². The number of hydrogen-bond donors (Lipinski definition) is 2. The second kappa shape index (κ2) is 9.59. The van der Waals surface area contributed by atoms with Crippen LogP contribution < -0.4 is 14.8 Å². The van der Waals surface area contributed by atoms with E-state index < -0.39 is 0 Å². The number of nitrogens with zero attached hydrogens (tertiary/aromatic N) is 2. The highest BCUT2D eigenvalue weighted by molar-refractivity contribution is 5.72. The van der Waals surface area contributed by atoms with Crippen LogP contribution in [0.15, 0.2) is 24.4 Å². The lowest BCUT2D eigenvalue weighted by molar-refractivity contribution is -0.119. The number of likely N-dealkylation sites (tertiary alicyclic amines) is 1. The number of piperidine rings is 1. The van der Waals surface area contributed by atoms with Gasteiger partial charge in [-0.25, -0.2) is 0 Å². The number of carbonyl (C=O) groups excluding carboxylic acids is 1. The molecule has 1 aromatic heterocycles. The van der Waals surface area contributed by atoms with Gasteiger partial charge >= 0.3 is 0 Å². The van der Waals surface area contributed by atoms with Crippen molar-refractivity contribution in [2.24, 2.45) is 0 Å². The van der Waals surface area contributed by atoms with Gasteiger partial charge in [0.25, 0.3) is 0 Å². The summed E-state index contributed by atoms with van der Waals surface area (Å²) < 4.78 is 10.9. The molecule has 2 heterocycles. The molecule has 0 aliphatic carbocycles. The van der Waals surface area contributed by atoms with Gasteiger partial charge in [0.05, 0.1) is 26.1 Å². The van der Waals surface area contributed by atoms with E-state index >= 15 is 0 Å². The molecule has 28 heavy (non-hydrogen) atoms. The molecule has 7 heteroatoms. The molecular weight excluding hydrogens is 356 g/mol. The first-order valence-corrected chi connectivity index (χ1v) is 9.85. The maximum Gasteiger partial charge on any atom is 0.216 e. The molecule has 1 amide bonds. The van der Waals surface area contributed by atoms with Crippen LogP contribution in [0.1, 0.15) is 38.2 Å². The zero-order valence-corrected chi connectivity index (χ0v) is 17.0. The summed E-state index contributed by atoms with van der Waals surface area (Å²) in [5.41, 5.74) is 3.10. The number of rotatable bonds is 8. The maximum absolute atomic E-state index is 11.2. The molecule has 1 fully saturated rings. The van der Waals surface area contributed by atoms with E-state index in [-0.39, 0.29) is 5.91 Å². The first-order chi connectivity index (χ1) is 13.6. The Morgan fingerprint density at radius 1 is 1.32 bits per heavy atom. The molecule has 2 N–H and O–H groups in total. The Hall–Kier alpha value is -2.54. The molecule has 0 bridgehead atoms. The minimum absolute atomic E-state index is 0.0334. The average molecular weight is 386 g/mol. The summed E-state index contributed by atoms with van der Waals surface area (Å²) in [6, 6.07) is 6.29. The lowest BCUT2D eigenvalue weighted by Gasteiger charge is -2.35. The van der Waals surface area contributed by atoms with Crippen LogP contribution in [0.25, 0.3) is 11.3 Å². The van der Waals surface area contributed by atoms with Crippen LogP contribution in [0.5, 0.6) is 11.5 Å². The van der Waals surface area contributed by atoms with E-state index in [0.29, 0.717) is 6.04 Å². The summed E-state index contributed by atoms with van der Waals surface area (Å²) in [5.74, 6) is 1.55. The first kappa shape index (κ1) is 20.2. The number of benzene rings is 1. The molecule has 0 radical (unpaired) electrons. The van der Waals surface area contributed by atoms with Crippen LogP contribution in [0.2, 0.25) is 0 Å². The quantitative estimate of drug-likeness (QED) is 0.729. The number of carbonyl (C=O) groups is 1. The number of nitrogens with one attached hydrogen (secondary N) is 2. The third kappa shape index (κ3) is 4.84. The van der Waals surface area contributed by atoms with Crippen molar-refractivity contribution in [3.8, 4) is 22.8 Å². The van der Waals surface area contributed by atoms with E-state index in [1.165, 1.54) is 19.3 Å². The Bertz CT molecular complexity index is 790. The molecule has 0 spiro atoms. The van der Waals surface area contributed by atoms with Gasteiger partial charge in [-0.05, 0) is 37.9 Å². The minimum Gasteiger partial charge on any atom is -0.497 e. The maximum atomic E-state index is 11.2. The second-order valence-corrected chi connectivity index (χ2v) is 7.23. The van der Waals surface area contributed by atoms with Gasteiger partial charge in [0.1, 0.15) is 11.5 Å². The predicted octanol–water partition coefficient (Wildman–Crippen LogP) is 2.97. The topological polar surface area (TPSA) is 79.5 Å². The van der Waals surface area contributed by atoms with Crippen molar-refractivity contribution >= 4 is 5.91 Å². The Kier molecular flexibility index (Phi) is 6.92. The van der Waals surface area contributed by atoms with E-state index in [1.807, 2.05) is 24.4 Å². The normalized spacial score (nSPS) is 17.3. The number of methoxy groups -OCH3 is 2. The van der Waals surface area contributed by atoms with Crippen molar-refractivity contribution < 1.29 is 14.3 Å². The summed E-state index contributed by atoms with van der Waals surface area (Å²) in [6.45, 7) is 4.18. The molecule has 1 aliphatic heterocycles. The van der Waals surface area contributed by atoms with Crippen molar-refractivity contribution in [1.29, 1.82) is 0 Å². The molecule has 0 saturated carbocycles. The molecule has 0 unspecified atom stereocenters. The number of amides is 1. The van der Waals surface area contributed by atoms with Crippen molar-refractivity contribution in [2.45, 2.75) is 45.2 Å². The molecule has 1 atom stereocenters. The molecule has 1 saturated heterocycles. The SMILES string of the molecule is COc1ccc(-c2[nH]ncc2CN2CCCC[C@@H]2CCNC(C)=O)c(OC)c1. The van der Waals surface area contributed by atoms with Gasteiger partial charge in [-0.3, -0.25) is 14.8 Å². The molecule has 1 aliphatic rings. The smallest absolute Gasteiger partial charge is 0.216 e. The Balaban J connectivity index is 1.76. The summed E-state index contributed by atoms with van der Waals surface area (Å²) in [5, 5.41) is 10.4. The van der Waals surface area contributed by atoms with E-state index in [4.69, 9.17) is 9.47 Å². The van der Waals surface area contributed by atoms with Crippen LogP contribution >= 0.6 is 0 Å². The second-order valence-electron chi connectivity index (χ2n) is 7.23. The number of aromatic nitrogens is 2. The number of ether oxygens (including phenoxy) is 2. The highest BCUT2D eigenvalue weighted by atomic mass is 16.5. The van der Waals surface area contributed by atoms with Gasteiger partial charge in [0, 0.05) is 43.2 Å². The van der Waals surface area contributed by atoms with Gasteiger partial charge < -0.3 is 14.8 Å². The lowest BCUT2D eigenvalue weighted by atomic mass is 9.98. The van der Waals surface area contributed by atoms with E-state index in [9.17, 15) is 4.79 Å². The van der Waals surface area contributed by atoms with Crippen LogP contribution in [-0.2, 0) is 11.3 Å². The highest BCUT2D eigenvalue weighted by Gasteiger charge is 2.24. The molecular formula is C21H30N4O3. The minimum atomic E-state index is 0.0334. The number of H-pyrrole nitrogens is 1. The van der Waals surface area contributed by atoms with Gasteiger partial charge in [0.2, 0.25) is 5.91 Å². The Morgan fingerprint density at radius 2 is 2.18 bits per heavy atom. The largest absolute Gasteiger partial charge is 0.497 e. The molecule has 1 aromatic carbocycles. The molecule has 152 valence electrons. The third-order valence-electron chi connectivity index (χ3n) is 5.37. The summed E-state index contributed by atoms with van der Waals surface area (Å²) >= 11 is 0. The van der Waals surface area contributed by atoms with Gasteiger partial charge in [0.15, 0.2) is 0 Å². The van der Waals surface area contributed by atoms with Gasteiger partial charge in [-0.15, -0.1) is 0 Å². The van der Waals surface area contributed by atoms with Crippen molar-refractivity contribution in [3.05, 3.63) is 30.0 Å². The third-order valence-corrected chi connectivity index (χ3v) is 5.37. The van der Waals surface area contributed by atoms with Crippen LogP contribution in [0, 0.1) is 0 Å². The fourth-order valence-electron chi connectivity index (χ4n) is 3.90. The predicted molar refractivity (Wildman–Crippen MR) is 108 cm³/mol. The Labute approximate surface area is 166 Å².